The van der Waals surface area contributed by atoms with Crippen molar-refractivity contribution in [3.05, 3.63) is 113 Å². The highest BCUT2D eigenvalue weighted by Crippen LogP contribution is 2.36. The fourth-order valence-electron chi connectivity index (χ4n) is 10.1. The number of β-amino-alcohol motifs (C(OH)–C–C–N with tert-alkyl or cyclic N) is 1. The number of nitrogens with zero attached hydrogens (tertiary/aromatic N) is 9. The molecule has 6 aromatic rings. The molecule has 0 aliphatic carbocycles. The Bertz CT molecular complexity index is 2910. The Balaban J connectivity index is 0.701. The van der Waals surface area contributed by atoms with Crippen molar-refractivity contribution >= 4 is 52.2 Å². The van der Waals surface area contributed by atoms with E-state index in [0.29, 0.717) is 51.2 Å². The number of rotatable bonds is 17. The standard InChI is InChI=1S/C54H65FN12O5S/c1-35-50(73-34-59-35)37-18-16-36(17-19-37)30-58-52(71)43-29-40(68)32-66(43)53(72)51(54(2,3)4)61-48(69)15-5-6-22-56-49(70)33-63-24-26-64(27-25-63)46-14-8-12-41(60-46)44-31-57-45-20-21-47(62-67(44)45)65-23-9-13-42(65)38-10-7-11-39(55)28-38/h7-8,10-12,14,16-21,28,31,34,40,42-43,51,68H,5-6,9,13,15,22-27,29-30,32-33H2,1-4H3,(H,56,70)(H,58,71)(H,61,69)/t40-,42-,43+,51-/m1/s1. The lowest BCUT2D eigenvalue weighted by atomic mass is 9.85. The number of amides is 4. The SMILES string of the molecule is Cc1ncsc1-c1ccc(CNC(=O)[C@@H]2C[C@@H](O)CN2C(=O)[C@@H](NC(=O)CCCCNC(=O)CN2CCN(c3cccc(-c4cnc5ccc(N6CCC[C@@H]6c6cccc(F)c6)nn45)n3)CC2)C(C)(C)C)cc1. The minimum Gasteiger partial charge on any atom is -0.391 e. The van der Waals surface area contributed by atoms with Crippen LogP contribution in [0.25, 0.3) is 27.5 Å². The number of pyridine rings is 1. The van der Waals surface area contributed by atoms with Gasteiger partial charge in [-0.1, -0.05) is 63.2 Å². The normalized spacial score (nSPS) is 18.8. The van der Waals surface area contributed by atoms with Crippen molar-refractivity contribution in [2.45, 2.75) is 97.0 Å². The second kappa shape index (κ2) is 22.5. The van der Waals surface area contributed by atoms with Crippen molar-refractivity contribution in [2.24, 2.45) is 5.41 Å². The van der Waals surface area contributed by atoms with Crippen molar-refractivity contribution in [1.82, 2.24) is 50.3 Å². The van der Waals surface area contributed by atoms with E-state index in [-0.39, 0.29) is 62.1 Å². The lowest BCUT2D eigenvalue weighted by Gasteiger charge is -2.35. The molecule has 0 unspecified atom stereocenters. The minimum absolute atomic E-state index is 0.00442. The van der Waals surface area contributed by atoms with Gasteiger partial charge in [0.2, 0.25) is 23.6 Å². The van der Waals surface area contributed by atoms with Crippen LogP contribution < -0.4 is 25.8 Å². The van der Waals surface area contributed by atoms with Gasteiger partial charge in [-0.05, 0) is 91.1 Å². The molecule has 2 aromatic carbocycles. The molecule has 4 atom stereocenters. The number of hydrogen-bond donors (Lipinski definition) is 4. The number of aliphatic hydroxyl groups is 1. The predicted octanol–water partition coefficient (Wildman–Crippen LogP) is 5.92. The third-order valence-electron chi connectivity index (χ3n) is 14.1. The number of aliphatic hydroxyl groups excluding tert-OH is 1. The number of benzene rings is 2. The van der Waals surface area contributed by atoms with E-state index in [0.717, 1.165) is 69.7 Å². The summed E-state index contributed by atoms with van der Waals surface area (Å²) in [6.07, 6.45) is 4.17. The van der Waals surface area contributed by atoms with E-state index in [2.05, 4.69) is 40.6 Å². The molecule has 3 saturated heterocycles. The smallest absolute Gasteiger partial charge is 0.246 e. The molecule has 19 heteroatoms. The third-order valence-corrected chi connectivity index (χ3v) is 15.0. The molecule has 0 spiro atoms. The lowest BCUT2D eigenvalue weighted by Crippen LogP contribution is -2.57. The summed E-state index contributed by atoms with van der Waals surface area (Å²) in [5, 5.41) is 24.5. The molecular formula is C54H65FN12O5S. The number of carbonyl (C=O) groups is 4. The van der Waals surface area contributed by atoms with Crippen LogP contribution in [0.4, 0.5) is 16.0 Å². The van der Waals surface area contributed by atoms with Gasteiger partial charge in [0.25, 0.3) is 0 Å². The van der Waals surface area contributed by atoms with E-state index in [1.165, 1.54) is 11.0 Å². The van der Waals surface area contributed by atoms with E-state index in [1.807, 2.05) is 98.4 Å². The quantitative estimate of drug-likeness (QED) is 0.0790. The number of piperazine rings is 1. The van der Waals surface area contributed by atoms with E-state index in [9.17, 15) is 28.7 Å². The number of anilines is 2. The molecular weight excluding hydrogens is 948 g/mol. The molecule has 3 aliphatic heterocycles. The predicted molar refractivity (Wildman–Crippen MR) is 279 cm³/mol. The van der Waals surface area contributed by atoms with Crippen LogP contribution >= 0.6 is 11.3 Å². The first kappa shape index (κ1) is 51.1. The summed E-state index contributed by atoms with van der Waals surface area (Å²) in [5.41, 5.74) is 7.22. The second-order valence-electron chi connectivity index (χ2n) is 20.4. The molecule has 73 heavy (non-hydrogen) atoms. The second-order valence-corrected chi connectivity index (χ2v) is 21.3. The number of hydrogen-bond acceptors (Lipinski definition) is 13. The van der Waals surface area contributed by atoms with Gasteiger partial charge in [0.1, 0.15) is 35.2 Å². The first-order chi connectivity index (χ1) is 35.2. The maximum atomic E-state index is 14.1. The molecule has 17 nitrogen and oxygen atoms in total. The Morgan fingerprint density at radius 3 is 2.44 bits per heavy atom. The number of aromatic nitrogens is 5. The monoisotopic (exact) mass is 1010 g/mol. The summed E-state index contributed by atoms with van der Waals surface area (Å²) in [6.45, 7) is 12.0. The molecule has 9 rings (SSSR count). The largest absolute Gasteiger partial charge is 0.391 e. The first-order valence-corrected chi connectivity index (χ1v) is 26.2. The molecule has 7 heterocycles. The maximum Gasteiger partial charge on any atom is 0.246 e. The lowest BCUT2D eigenvalue weighted by molar-refractivity contribution is -0.144. The summed E-state index contributed by atoms with van der Waals surface area (Å²) >= 11 is 1.57. The van der Waals surface area contributed by atoms with Gasteiger partial charge in [-0.15, -0.1) is 16.4 Å². The molecule has 0 saturated carbocycles. The number of unbranched alkanes of at least 4 members (excludes halogenated alkanes) is 1. The molecule has 4 amide bonds. The number of nitrogens with one attached hydrogen (secondary N) is 3. The van der Waals surface area contributed by atoms with Crippen LogP contribution in [-0.4, -0.2) is 134 Å². The Morgan fingerprint density at radius 1 is 0.890 bits per heavy atom. The topological polar surface area (TPSA) is 194 Å². The van der Waals surface area contributed by atoms with Crippen LogP contribution in [0.3, 0.4) is 0 Å². The highest BCUT2D eigenvalue weighted by molar-refractivity contribution is 7.13. The van der Waals surface area contributed by atoms with E-state index in [4.69, 9.17) is 10.1 Å². The van der Waals surface area contributed by atoms with Crippen LogP contribution in [-0.2, 0) is 25.7 Å². The van der Waals surface area contributed by atoms with Crippen LogP contribution in [0.5, 0.6) is 0 Å². The van der Waals surface area contributed by atoms with Crippen molar-refractivity contribution in [2.75, 3.05) is 62.2 Å². The van der Waals surface area contributed by atoms with Crippen molar-refractivity contribution in [3.63, 3.8) is 0 Å². The fourth-order valence-corrected chi connectivity index (χ4v) is 10.9. The number of likely N-dealkylation sites (tertiary alicyclic amines) is 1. The van der Waals surface area contributed by atoms with Crippen LogP contribution in [0, 0.1) is 18.2 Å². The Labute approximate surface area is 429 Å². The highest BCUT2D eigenvalue weighted by Gasteiger charge is 2.44. The van der Waals surface area contributed by atoms with E-state index in [1.54, 1.807) is 29.7 Å². The first-order valence-electron chi connectivity index (χ1n) is 25.3. The summed E-state index contributed by atoms with van der Waals surface area (Å²) in [4.78, 5) is 76.9. The number of halogens is 1. The van der Waals surface area contributed by atoms with Gasteiger partial charge in [-0.25, -0.2) is 23.9 Å². The van der Waals surface area contributed by atoms with Crippen LogP contribution in [0.1, 0.15) is 82.2 Å². The molecule has 4 aromatic heterocycles. The highest BCUT2D eigenvalue weighted by atomic mass is 32.1. The van der Waals surface area contributed by atoms with Gasteiger partial charge in [-0.3, -0.25) is 24.1 Å². The molecule has 4 N–H and O–H groups in total. The fraction of sp³-hybridized carbons (Fsp3) is 0.444. The minimum atomic E-state index is -0.921. The van der Waals surface area contributed by atoms with Gasteiger partial charge in [-0.2, -0.15) is 0 Å². The van der Waals surface area contributed by atoms with Crippen molar-refractivity contribution < 1.29 is 28.7 Å². The Kier molecular flexibility index (Phi) is 15.8. The van der Waals surface area contributed by atoms with Crippen molar-refractivity contribution in [3.8, 4) is 21.8 Å². The zero-order chi connectivity index (χ0) is 51.2. The average molecular weight is 1010 g/mol. The summed E-state index contributed by atoms with van der Waals surface area (Å²) < 4.78 is 16.0. The number of aryl methyl sites for hydroxylation is 1. The van der Waals surface area contributed by atoms with Gasteiger partial charge in [0.15, 0.2) is 5.65 Å². The van der Waals surface area contributed by atoms with Gasteiger partial charge < -0.3 is 35.8 Å². The molecule has 3 aliphatic rings. The average Bonchev–Trinajstić information content (AvgIpc) is 4.22. The Hall–Kier alpha value is -6.83. The number of fused-ring (bicyclic) bond motifs is 1. The van der Waals surface area contributed by atoms with Crippen LogP contribution in [0.2, 0.25) is 0 Å². The van der Waals surface area contributed by atoms with Gasteiger partial charge >= 0.3 is 0 Å². The summed E-state index contributed by atoms with van der Waals surface area (Å²) in [6, 6.07) is 22.8. The zero-order valence-corrected chi connectivity index (χ0v) is 42.8. The summed E-state index contributed by atoms with van der Waals surface area (Å²) in [5.74, 6) is 0.238. The molecule has 384 valence electrons. The van der Waals surface area contributed by atoms with Crippen molar-refractivity contribution in [1.29, 1.82) is 0 Å². The zero-order valence-electron chi connectivity index (χ0n) is 42.0. The maximum absolute atomic E-state index is 14.1. The van der Waals surface area contributed by atoms with Gasteiger partial charge in [0.05, 0.1) is 46.7 Å². The van der Waals surface area contributed by atoms with E-state index >= 15 is 0 Å². The van der Waals surface area contributed by atoms with E-state index < -0.39 is 29.5 Å². The van der Waals surface area contributed by atoms with Gasteiger partial charge in [0, 0.05) is 65.2 Å². The Morgan fingerprint density at radius 2 is 1.68 bits per heavy atom. The number of thiazole rings is 1. The number of imidazole rings is 1. The summed E-state index contributed by atoms with van der Waals surface area (Å²) in [7, 11) is 0. The molecule has 3 fully saturated rings. The third kappa shape index (κ3) is 12.2. The molecule has 0 bridgehead atoms. The number of carbonyl (C=O) groups excluding carboxylic acids is 4. The van der Waals surface area contributed by atoms with Crippen LogP contribution in [0.15, 0.2) is 90.6 Å². The molecule has 0 radical (unpaired) electrons.